The molecule has 8 nitrogen and oxygen atoms in total. The van der Waals surface area contributed by atoms with E-state index >= 15 is 0 Å². The highest BCUT2D eigenvalue weighted by atomic mass is 79.9. The molecule has 0 aliphatic heterocycles. The van der Waals surface area contributed by atoms with Crippen LogP contribution in [0, 0.1) is 0 Å². The van der Waals surface area contributed by atoms with E-state index in [9.17, 15) is 18.0 Å². The van der Waals surface area contributed by atoms with E-state index in [0.29, 0.717) is 18.9 Å². The molecule has 1 atom stereocenters. The first kappa shape index (κ1) is 32.8. The normalized spacial score (nSPS) is 11.8. The number of nitrogens with one attached hydrogen (secondary N) is 1. The third kappa shape index (κ3) is 8.27. The Morgan fingerprint density at radius 3 is 2.07 bits per heavy atom. The minimum atomic E-state index is -4.22. The van der Waals surface area contributed by atoms with Gasteiger partial charge in [-0.25, -0.2) is 8.42 Å². The fourth-order valence-corrected chi connectivity index (χ4v) is 6.52. The number of hydrogen-bond donors (Lipinski definition) is 1. The summed E-state index contributed by atoms with van der Waals surface area (Å²) < 4.78 is 36.0. The van der Waals surface area contributed by atoms with Crippen LogP contribution in [0.2, 0.25) is 0 Å². The van der Waals surface area contributed by atoms with Crippen LogP contribution in [-0.4, -0.2) is 50.9 Å². The molecular formula is C34H36BrN3O5S. The number of carbonyl (C=O) groups is 2. The average Bonchev–Trinajstić information content (AvgIpc) is 3.04. The van der Waals surface area contributed by atoms with Gasteiger partial charge in [0.05, 0.1) is 17.2 Å². The number of anilines is 1. The largest absolute Gasteiger partial charge is 0.492 e. The molecule has 0 aliphatic rings. The molecule has 0 heterocycles. The maximum absolute atomic E-state index is 14.5. The summed E-state index contributed by atoms with van der Waals surface area (Å²) in [6, 6.07) is 30.7. The Hall–Kier alpha value is -4.15. The number of sulfonamides is 1. The highest BCUT2D eigenvalue weighted by molar-refractivity contribution is 9.10. The predicted octanol–water partition coefficient (Wildman–Crippen LogP) is 5.82. The van der Waals surface area contributed by atoms with Crippen LogP contribution in [0.25, 0.3) is 0 Å². The second-order valence-corrected chi connectivity index (χ2v) is 12.8. The topological polar surface area (TPSA) is 96.0 Å². The van der Waals surface area contributed by atoms with Crippen LogP contribution < -0.4 is 14.4 Å². The van der Waals surface area contributed by atoms with E-state index in [1.54, 1.807) is 49.4 Å². The Balaban J connectivity index is 1.82. The van der Waals surface area contributed by atoms with Gasteiger partial charge in [0.25, 0.3) is 10.0 Å². The number of benzene rings is 4. The molecule has 230 valence electrons. The summed E-state index contributed by atoms with van der Waals surface area (Å²) in [5.41, 5.74) is 1.89. The molecule has 10 heteroatoms. The molecule has 0 aliphatic carbocycles. The van der Waals surface area contributed by atoms with Crippen molar-refractivity contribution in [2.75, 3.05) is 24.0 Å². The number of hydrogen-bond acceptors (Lipinski definition) is 5. The Morgan fingerprint density at radius 1 is 0.818 bits per heavy atom. The molecule has 0 bridgehead atoms. The molecule has 4 aromatic rings. The molecule has 0 unspecified atom stereocenters. The quantitative estimate of drug-likeness (QED) is 0.182. The summed E-state index contributed by atoms with van der Waals surface area (Å²) in [6.45, 7) is 3.84. The molecule has 0 spiro atoms. The monoisotopic (exact) mass is 677 g/mol. The van der Waals surface area contributed by atoms with Crippen molar-refractivity contribution >= 4 is 43.5 Å². The number of halogens is 1. The smallest absolute Gasteiger partial charge is 0.264 e. The van der Waals surface area contributed by atoms with Crippen LogP contribution in [0.15, 0.2) is 119 Å². The summed E-state index contributed by atoms with van der Waals surface area (Å²) in [6.07, 6.45) is 0.246. The molecule has 4 rings (SSSR count). The van der Waals surface area contributed by atoms with Crippen molar-refractivity contribution in [3.05, 3.63) is 125 Å². The van der Waals surface area contributed by atoms with Gasteiger partial charge in [0, 0.05) is 24.0 Å². The van der Waals surface area contributed by atoms with E-state index in [4.69, 9.17) is 4.74 Å². The van der Waals surface area contributed by atoms with E-state index in [1.165, 1.54) is 17.0 Å². The number of para-hydroxylation sites is 2. The summed E-state index contributed by atoms with van der Waals surface area (Å²) in [4.78, 5) is 29.6. The zero-order valence-electron chi connectivity index (χ0n) is 24.7. The molecule has 0 fully saturated rings. The molecule has 4 aromatic carbocycles. The van der Waals surface area contributed by atoms with Gasteiger partial charge in [0.2, 0.25) is 11.8 Å². The van der Waals surface area contributed by atoms with E-state index in [-0.39, 0.29) is 29.5 Å². The van der Waals surface area contributed by atoms with Gasteiger partial charge in [-0.15, -0.1) is 0 Å². The second kappa shape index (κ2) is 15.5. The lowest BCUT2D eigenvalue weighted by Crippen LogP contribution is -2.53. The van der Waals surface area contributed by atoms with Crippen molar-refractivity contribution in [1.82, 2.24) is 10.2 Å². The van der Waals surface area contributed by atoms with Gasteiger partial charge in [0.1, 0.15) is 18.3 Å². The zero-order valence-corrected chi connectivity index (χ0v) is 27.1. The lowest BCUT2D eigenvalue weighted by atomic mass is 10.0. The van der Waals surface area contributed by atoms with Crippen molar-refractivity contribution < 1.29 is 22.7 Å². The van der Waals surface area contributed by atoms with E-state index < -0.39 is 28.5 Å². The van der Waals surface area contributed by atoms with E-state index in [0.717, 1.165) is 19.9 Å². The maximum Gasteiger partial charge on any atom is 0.264 e. The zero-order chi connectivity index (χ0) is 31.5. The summed E-state index contributed by atoms with van der Waals surface area (Å²) in [5, 5.41) is 2.87. The number of rotatable bonds is 14. The maximum atomic E-state index is 14.5. The van der Waals surface area contributed by atoms with E-state index in [1.807, 2.05) is 61.5 Å². The number of amides is 2. The van der Waals surface area contributed by atoms with Crippen LogP contribution in [0.5, 0.6) is 5.75 Å². The number of ether oxygens (including phenoxy) is 1. The molecule has 1 N–H and O–H groups in total. The molecule has 0 saturated carbocycles. The summed E-state index contributed by atoms with van der Waals surface area (Å²) in [7, 11) is -4.22. The lowest BCUT2D eigenvalue weighted by Gasteiger charge is -2.34. The first-order chi connectivity index (χ1) is 21.2. The van der Waals surface area contributed by atoms with Crippen LogP contribution in [-0.2, 0) is 32.6 Å². The lowest BCUT2D eigenvalue weighted by molar-refractivity contribution is -0.140. The predicted molar refractivity (Wildman–Crippen MR) is 176 cm³/mol. The Morgan fingerprint density at radius 2 is 1.43 bits per heavy atom. The number of nitrogens with zero attached hydrogens (tertiary/aromatic N) is 2. The fraction of sp³-hybridized carbons (Fsp3) is 0.235. The van der Waals surface area contributed by atoms with Gasteiger partial charge in [-0.2, -0.15) is 0 Å². The molecule has 2 amide bonds. The summed E-state index contributed by atoms with van der Waals surface area (Å²) >= 11 is 3.45. The van der Waals surface area contributed by atoms with Gasteiger partial charge < -0.3 is 15.0 Å². The first-order valence-electron chi connectivity index (χ1n) is 14.4. The van der Waals surface area contributed by atoms with Crippen LogP contribution >= 0.6 is 15.9 Å². The SMILES string of the molecule is CCNC(=O)[C@H](Cc1ccccc1)N(Cc1ccc(Br)cc1)C(=O)CN(c1ccccc1OCC)S(=O)(=O)c1ccccc1. The van der Waals surface area contributed by atoms with Crippen molar-refractivity contribution in [3.63, 3.8) is 0 Å². The Bertz CT molecular complexity index is 1630. The highest BCUT2D eigenvalue weighted by Gasteiger charge is 2.35. The number of likely N-dealkylation sites (N-methyl/N-ethyl adjacent to an activating group) is 1. The van der Waals surface area contributed by atoms with Crippen molar-refractivity contribution in [2.45, 2.75) is 37.8 Å². The number of carbonyl (C=O) groups excluding carboxylic acids is 2. The van der Waals surface area contributed by atoms with Crippen molar-refractivity contribution in [2.24, 2.45) is 0 Å². The molecule has 0 aromatic heterocycles. The Kier molecular flexibility index (Phi) is 11.6. The van der Waals surface area contributed by atoms with Gasteiger partial charge in [-0.1, -0.05) is 88.7 Å². The third-order valence-electron chi connectivity index (χ3n) is 6.93. The van der Waals surface area contributed by atoms with Crippen molar-refractivity contribution in [1.29, 1.82) is 0 Å². The molecular weight excluding hydrogens is 642 g/mol. The van der Waals surface area contributed by atoms with Gasteiger partial charge in [-0.05, 0) is 61.4 Å². The molecule has 44 heavy (non-hydrogen) atoms. The van der Waals surface area contributed by atoms with Crippen LogP contribution in [0.3, 0.4) is 0 Å². The highest BCUT2D eigenvalue weighted by Crippen LogP contribution is 2.33. The minimum absolute atomic E-state index is 0.0307. The standard InChI is InChI=1S/C34H36BrN3O5S/c1-3-36-34(40)31(23-26-13-7-5-8-14-26)37(24-27-19-21-28(35)22-20-27)33(39)25-38(30-17-11-12-18-32(30)43-4-2)44(41,42)29-15-9-6-10-16-29/h5-22,31H,3-4,23-25H2,1-2H3,(H,36,40)/t31-/m0/s1. The minimum Gasteiger partial charge on any atom is -0.492 e. The molecule has 0 radical (unpaired) electrons. The van der Waals surface area contributed by atoms with Crippen molar-refractivity contribution in [3.8, 4) is 5.75 Å². The van der Waals surface area contributed by atoms with Gasteiger partial charge in [-0.3, -0.25) is 13.9 Å². The average molecular weight is 679 g/mol. The Labute approximate surface area is 267 Å². The fourth-order valence-electron chi connectivity index (χ4n) is 4.81. The van der Waals surface area contributed by atoms with E-state index in [2.05, 4.69) is 21.2 Å². The summed E-state index contributed by atoms with van der Waals surface area (Å²) in [5.74, 6) is -0.536. The van der Waals surface area contributed by atoms with Gasteiger partial charge >= 0.3 is 0 Å². The molecule has 0 saturated heterocycles. The third-order valence-corrected chi connectivity index (χ3v) is 9.23. The second-order valence-electron chi connectivity index (χ2n) is 9.97. The van der Waals surface area contributed by atoms with Gasteiger partial charge in [0.15, 0.2) is 0 Å². The first-order valence-corrected chi connectivity index (χ1v) is 16.6. The van der Waals surface area contributed by atoms with Crippen LogP contribution in [0.1, 0.15) is 25.0 Å². The van der Waals surface area contributed by atoms with Crippen LogP contribution in [0.4, 0.5) is 5.69 Å².